The summed E-state index contributed by atoms with van der Waals surface area (Å²) in [6.45, 7) is 0. The fraction of sp³-hybridized carbons (Fsp3) is 0.333. The molecule has 0 atom stereocenters. The van der Waals surface area contributed by atoms with Crippen LogP contribution in [-0.4, -0.2) is 16.9 Å². The molecule has 3 aromatic heterocycles. The Balaban J connectivity index is 1.63. The highest BCUT2D eigenvalue weighted by Crippen LogP contribution is 2.35. The van der Waals surface area contributed by atoms with Crippen molar-refractivity contribution in [1.82, 2.24) is 10.3 Å². The van der Waals surface area contributed by atoms with Crippen molar-refractivity contribution in [3.8, 4) is 10.6 Å². The largest absolute Gasteiger partial charge is 0.397 e. The van der Waals surface area contributed by atoms with Gasteiger partial charge in [-0.15, -0.1) is 22.7 Å². The molecule has 6 heteroatoms. The Morgan fingerprint density at radius 1 is 1.21 bits per heavy atom. The van der Waals surface area contributed by atoms with Crippen LogP contribution >= 0.6 is 22.7 Å². The number of hydrogen-bond donors (Lipinski definition) is 2. The number of pyridine rings is 1. The number of anilines is 1. The first kappa shape index (κ1) is 15.6. The van der Waals surface area contributed by atoms with Crippen LogP contribution in [0.2, 0.25) is 0 Å². The number of carbonyl (C=O) groups is 1. The number of hydrogen-bond acceptors (Lipinski definition) is 5. The first-order chi connectivity index (χ1) is 11.7. The van der Waals surface area contributed by atoms with Crippen molar-refractivity contribution in [1.29, 1.82) is 0 Å². The number of amides is 1. The van der Waals surface area contributed by atoms with Crippen LogP contribution in [0.4, 0.5) is 5.69 Å². The quantitative estimate of drug-likeness (QED) is 0.716. The van der Waals surface area contributed by atoms with E-state index in [9.17, 15) is 4.79 Å². The van der Waals surface area contributed by atoms with Crippen LogP contribution in [0.5, 0.6) is 0 Å². The molecule has 1 amide bonds. The van der Waals surface area contributed by atoms with Gasteiger partial charge in [-0.2, -0.15) is 0 Å². The molecule has 24 heavy (non-hydrogen) atoms. The van der Waals surface area contributed by atoms with Gasteiger partial charge in [-0.3, -0.25) is 4.79 Å². The van der Waals surface area contributed by atoms with Crippen molar-refractivity contribution < 1.29 is 4.79 Å². The average Bonchev–Trinajstić information content (AvgIpc) is 3.24. The van der Waals surface area contributed by atoms with E-state index in [0.29, 0.717) is 10.6 Å². The average molecular weight is 358 g/mol. The number of carbonyl (C=O) groups excluding carboxylic acids is 1. The zero-order valence-electron chi connectivity index (χ0n) is 13.2. The maximum absolute atomic E-state index is 12.6. The Labute approximate surface area is 148 Å². The lowest BCUT2D eigenvalue weighted by Crippen LogP contribution is -2.36. The molecule has 3 heterocycles. The third-order valence-electron chi connectivity index (χ3n) is 4.51. The Hall–Kier alpha value is -1.92. The number of nitrogens with two attached hydrogens (primary N) is 1. The van der Waals surface area contributed by atoms with Gasteiger partial charge < -0.3 is 11.1 Å². The molecule has 0 saturated heterocycles. The summed E-state index contributed by atoms with van der Waals surface area (Å²) < 4.78 is 0. The molecule has 3 aromatic rings. The second-order valence-electron chi connectivity index (χ2n) is 6.18. The van der Waals surface area contributed by atoms with Gasteiger partial charge in [0.1, 0.15) is 9.71 Å². The Kier molecular flexibility index (Phi) is 4.24. The van der Waals surface area contributed by atoms with Gasteiger partial charge in [-0.05, 0) is 36.4 Å². The topological polar surface area (TPSA) is 68.0 Å². The molecule has 1 aliphatic rings. The summed E-state index contributed by atoms with van der Waals surface area (Å²) in [6, 6.07) is 8.29. The number of fused-ring (bicyclic) bond motifs is 1. The smallest absolute Gasteiger partial charge is 0.263 e. The summed E-state index contributed by atoms with van der Waals surface area (Å²) in [6.07, 6.45) is 5.79. The van der Waals surface area contributed by atoms with Gasteiger partial charge >= 0.3 is 0 Å². The van der Waals surface area contributed by atoms with Crippen LogP contribution in [0.15, 0.2) is 29.6 Å². The molecule has 1 aliphatic carbocycles. The van der Waals surface area contributed by atoms with Crippen LogP contribution in [0.25, 0.3) is 20.8 Å². The van der Waals surface area contributed by atoms with E-state index >= 15 is 0 Å². The third kappa shape index (κ3) is 2.91. The van der Waals surface area contributed by atoms with Crippen LogP contribution in [0.1, 0.15) is 41.8 Å². The molecule has 0 aromatic carbocycles. The van der Waals surface area contributed by atoms with Gasteiger partial charge in [0.25, 0.3) is 5.91 Å². The predicted octanol–water partition coefficient (Wildman–Crippen LogP) is 4.67. The predicted molar refractivity (Wildman–Crippen MR) is 102 cm³/mol. The van der Waals surface area contributed by atoms with E-state index in [1.807, 2.05) is 29.6 Å². The van der Waals surface area contributed by atoms with E-state index < -0.39 is 0 Å². The van der Waals surface area contributed by atoms with Crippen molar-refractivity contribution in [3.05, 3.63) is 34.5 Å². The first-order valence-corrected chi connectivity index (χ1v) is 9.96. The van der Waals surface area contributed by atoms with Gasteiger partial charge in [-0.1, -0.05) is 25.3 Å². The van der Waals surface area contributed by atoms with Crippen LogP contribution in [-0.2, 0) is 0 Å². The maximum Gasteiger partial charge on any atom is 0.263 e. The highest BCUT2D eigenvalue weighted by atomic mass is 32.1. The van der Waals surface area contributed by atoms with Crippen molar-refractivity contribution in [2.24, 2.45) is 0 Å². The molecule has 0 spiro atoms. The van der Waals surface area contributed by atoms with Gasteiger partial charge in [0, 0.05) is 11.4 Å². The van der Waals surface area contributed by atoms with Crippen LogP contribution in [0, 0.1) is 0 Å². The molecule has 124 valence electrons. The summed E-state index contributed by atoms with van der Waals surface area (Å²) >= 11 is 3.05. The second kappa shape index (κ2) is 6.53. The van der Waals surface area contributed by atoms with Gasteiger partial charge in [-0.25, -0.2) is 4.98 Å². The molecular formula is C18H19N3OS2. The molecule has 0 aliphatic heterocycles. The van der Waals surface area contributed by atoms with E-state index in [2.05, 4.69) is 5.32 Å². The summed E-state index contributed by atoms with van der Waals surface area (Å²) in [4.78, 5) is 19.8. The van der Waals surface area contributed by atoms with E-state index in [0.717, 1.165) is 33.6 Å². The van der Waals surface area contributed by atoms with Crippen molar-refractivity contribution in [3.63, 3.8) is 0 Å². The zero-order valence-corrected chi connectivity index (χ0v) is 14.9. The Morgan fingerprint density at radius 2 is 2.04 bits per heavy atom. The minimum Gasteiger partial charge on any atom is -0.397 e. The first-order valence-electron chi connectivity index (χ1n) is 8.26. The normalized spacial score (nSPS) is 15.7. The summed E-state index contributed by atoms with van der Waals surface area (Å²) in [5, 5.41) is 6.05. The lowest BCUT2D eigenvalue weighted by atomic mass is 9.95. The van der Waals surface area contributed by atoms with Crippen molar-refractivity contribution >= 4 is 44.5 Å². The number of nitrogens with zero attached hydrogens (tertiary/aromatic N) is 1. The minimum absolute atomic E-state index is 0.0555. The standard InChI is InChI=1S/C18H19N3OS2/c19-15-12-8-9-13(14-7-4-10-23-14)21-18(12)24-16(15)17(22)20-11-5-2-1-3-6-11/h4,7-11H,1-3,5-6,19H2,(H,20,22). The van der Waals surface area contributed by atoms with Crippen LogP contribution in [0.3, 0.4) is 0 Å². The molecule has 1 fully saturated rings. The highest BCUT2D eigenvalue weighted by molar-refractivity contribution is 7.21. The van der Waals surface area contributed by atoms with Gasteiger partial charge in [0.2, 0.25) is 0 Å². The van der Waals surface area contributed by atoms with Gasteiger partial charge in [0.15, 0.2) is 0 Å². The summed E-state index contributed by atoms with van der Waals surface area (Å²) in [5.74, 6) is -0.0555. The van der Waals surface area contributed by atoms with E-state index in [1.165, 1.54) is 30.6 Å². The lowest BCUT2D eigenvalue weighted by molar-refractivity contribution is 0.0932. The number of nitrogens with one attached hydrogen (secondary N) is 1. The fourth-order valence-corrected chi connectivity index (χ4v) is 4.92. The fourth-order valence-electron chi connectivity index (χ4n) is 3.23. The molecule has 0 unspecified atom stereocenters. The molecule has 4 rings (SSSR count). The van der Waals surface area contributed by atoms with E-state index in [-0.39, 0.29) is 11.9 Å². The molecule has 0 bridgehead atoms. The summed E-state index contributed by atoms with van der Waals surface area (Å²) in [7, 11) is 0. The zero-order chi connectivity index (χ0) is 16.5. The number of rotatable bonds is 3. The molecule has 1 saturated carbocycles. The highest BCUT2D eigenvalue weighted by Gasteiger charge is 2.21. The molecule has 3 N–H and O–H groups in total. The lowest BCUT2D eigenvalue weighted by Gasteiger charge is -2.22. The Morgan fingerprint density at radius 3 is 2.79 bits per heavy atom. The second-order valence-corrected chi connectivity index (χ2v) is 8.13. The molecule has 0 radical (unpaired) electrons. The number of thiophene rings is 2. The Bertz CT molecular complexity index is 864. The number of nitrogen functional groups attached to an aromatic ring is 1. The van der Waals surface area contributed by atoms with E-state index in [4.69, 9.17) is 10.7 Å². The van der Waals surface area contributed by atoms with E-state index in [1.54, 1.807) is 11.3 Å². The monoisotopic (exact) mass is 357 g/mol. The minimum atomic E-state index is -0.0555. The molecule has 4 nitrogen and oxygen atoms in total. The van der Waals surface area contributed by atoms with Gasteiger partial charge in [0.05, 0.1) is 16.3 Å². The third-order valence-corrected chi connectivity index (χ3v) is 6.52. The molecular weight excluding hydrogens is 338 g/mol. The number of aromatic nitrogens is 1. The van der Waals surface area contributed by atoms with Crippen LogP contribution < -0.4 is 11.1 Å². The maximum atomic E-state index is 12.6. The van der Waals surface area contributed by atoms with Crippen molar-refractivity contribution in [2.75, 3.05) is 5.73 Å². The van der Waals surface area contributed by atoms with Crippen molar-refractivity contribution in [2.45, 2.75) is 38.1 Å². The SMILES string of the molecule is Nc1c(C(=O)NC2CCCCC2)sc2nc(-c3cccs3)ccc12. The summed E-state index contributed by atoms with van der Waals surface area (Å²) in [5.41, 5.74) is 7.70.